The molecule has 1 aromatic rings. The Hall–Kier alpha value is -1.24. The molecule has 0 atom stereocenters. The number of allylic oxidation sites excluding steroid dienone is 1. The van der Waals surface area contributed by atoms with E-state index in [0.717, 1.165) is 5.70 Å². The lowest BCUT2D eigenvalue weighted by molar-refractivity contribution is 0.529. The van der Waals surface area contributed by atoms with Crippen LogP contribution >= 0.6 is 0 Å². The highest BCUT2D eigenvalue weighted by Gasteiger charge is 2.19. The molecule has 0 aliphatic carbocycles. The summed E-state index contributed by atoms with van der Waals surface area (Å²) in [5.74, 6) is 0. The van der Waals surface area contributed by atoms with Gasteiger partial charge >= 0.3 is 0 Å². The maximum absolute atomic E-state index is 4.21. The Morgan fingerprint density at radius 1 is 1.16 bits per heavy atom. The fourth-order valence-electron chi connectivity index (χ4n) is 2.86. The van der Waals surface area contributed by atoms with E-state index in [1.54, 1.807) is 0 Å². The zero-order valence-corrected chi connectivity index (χ0v) is 13.3. The van der Waals surface area contributed by atoms with Gasteiger partial charge in [-0.05, 0) is 45.2 Å². The van der Waals surface area contributed by atoms with Crippen molar-refractivity contribution in [2.75, 3.05) is 4.90 Å². The van der Waals surface area contributed by atoms with Gasteiger partial charge < -0.3 is 4.90 Å². The van der Waals surface area contributed by atoms with Crippen molar-refractivity contribution in [3.8, 4) is 0 Å². The van der Waals surface area contributed by atoms with Crippen LogP contribution in [0.25, 0.3) is 0 Å². The van der Waals surface area contributed by atoms with Crippen LogP contribution in [0.3, 0.4) is 0 Å². The molecule has 0 aliphatic rings. The quantitative estimate of drug-likeness (QED) is 0.615. The molecule has 0 amide bonds. The summed E-state index contributed by atoms with van der Waals surface area (Å²) in [6.45, 7) is 15.2. The topological polar surface area (TPSA) is 3.24 Å². The molecule has 106 valence electrons. The zero-order chi connectivity index (χ0) is 14.4. The van der Waals surface area contributed by atoms with E-state index in [0.29, 0.717) is 6.04 Å². The lowest BCUT2D eigenvalue weighted by atomic mass is 10.0. The van der Waals surface area contributed by atoms with E-state index in [1.807, 2.05) is 0 Å². The van der Waals surface area contributed by atoms with Crippen LogP contribution in [0.1, 0.15) is 57.6 Å². The van der Waals surface area contributed by atoms with E-state index in [9.17, 15) is 0 Å². The summed E-state index contributed by atoms with van der Waals surface area (Å²) in [6, 6.07) is 7.29. The third-order valence-electron chi connectivity index (χ3n) is 3.63. The Balaban J connectivity index is 3.14. The number of hydrogen-bond donors (Lipinski definition) is 0. The van der Waals surface area contributed by atoms with Crippen molar-refractivity contribution in [1.82, 2.24) is 0 Å². The van der Waals surface area contributed by atoms with Crippen molar-refractivity contribution in [2.24, 2.45) is 0 Å². The summed E-state index contributed by atoms with van der Waals surface area (Å²) in [5, 5.41) is 0. The Kier molecular flexibility index (Phi) is 6.14. The molecule has 0 unspecified atom stereocenters. The first-order chi connectivity index (χ1) is 9.01. The van der Waals surface area contributed by atoms with Crippen molar-refractivity contribution >= 4 is 5.69 Å². The molecule has 0 aliphatic heterocycles. The van der Waals surface area contributed by atoms with E-state index in [4.69, 9.17) is 0 Å². The van der Waals surface area contributed by atoms with Crippen LogP contribution in [-0.2, 0) is 0 Å². The predicted octanol–water partition coefficient (Wildman–Crippen LogP) is 5.61. The minimum atomic E-state index is 0.578. The Bertz CT molecular complexity index is 414. The fraction of sp³-hybridized carbons (Fsp3) is 0.556. The summed E-state index contributed by atoms with van der Waals surface area (Å²) in [6.07, 6.45) is 4.90. The first kappa shape index (κ1) is 15.8. The summed E-state index contributed by atoms with van der Waals surface area (Å²) in [4.78, 5) is 2.45. The molecule has 0 fully saturated rings. The van der Waals surface area contributed by atoms with Crippen molar-refractivity contribution in [3.63, 3.8) is 0 Å². The zero-order valence-electron chi connectivity index (χ0n) is 13.3. The SMILES string of the molecule is C=C(C)N(c1ccc(C)cc1C)C(CCC)CCC. The van der Waals surface area contributed by atoms with Gasteiger partial charge in [0, 0.05) is 17.4 Å². The number of anilines is 1. The third kappa shape index (κ3) is 4.12. The second kappa shape index (κ2) is 7.37. The van der Waals surface area contributed by atoms with Crippen LogP contribution in [-0.4, -0.2) is 6.04 Å². The van der Waals surface area contributed by atoms with Crippen molar-refractivity contribution in [1.29, 1.82) is 0 Å². The minimum absolute atomic E-state index is 0.578. The molecule has 0 heterocycles. The highest BCUT2D eigenvalue weighted by Crippen LogP contribution is 2.29. The van der Waals surface area contributed by atoms with Crippen molar-refractivity contribution in [3.05, 3.63) is 41.6 Å². The molecule has 1 heteroatoms. The highest BCUT2D eigenvalue weighted by atomic mass is 15.2. The van der Waals surface area contributed by atoms with Gasteiger partial charge in [-0.3, -0.25) is 0 Å². The highest BCUT2D eigenvalue weighted by molar-refractivity contribution is 5.58. The molecule has 0 aromatic heterocycles. The van der Waals surface area contributed by atoms with Crippen LogP contribution in [0.15, 0.2) is 30.5 Å². The molecule has 0 saturated carbocycles. The normalized spacial score (nSPS) is 10.8. The summed E-state index contributed by atoms with van der Waals surface area (Å²) in [7, 11) is 0. The monoisotopic (exact) mass is 259 g/mol. The summed E-state index contributed by atoms with van der Waals surface area (Å²) >= 11 is 0. The van der Waals surface area contributed by atoms with Gasteiger partial charge in [0.05, 0.1) is 0 Å². The molecule has 1 aromatic carbocycles. The third-order valence-corrected chi connectivity index (χ3v) is 3.63. The molecule has 0 radical (unpaired) electrons. The standard InChI is InChI=1S/C18H29N/c1-7-9-17(10-8-2)19(14(3)4)18-12-11-15(5)13-16(18)6/h11-13,17H,3,7-10H2,1-2,4-6H3. The number of benzene rings is 1. The molecule has 0 N–H and O–H groups in total. The lowest BCUT2D eigenvalue weighted by Gasteiger charge is -2.35. The Labute approximate surface area is 119 Å². The van der Waals surface area contributed by atoms with Crippen LogP contribution in [0.4, 0.5) is 5.69 Å². The van der Waals surface area contributed by atoms with E-state index < -0.39 is 0 Å². The van der Waals surface area contributed by atoms with Gasteiger partial charge in [0.1, 0.15) is 0 Å². The first-order valence-electron chi connectivity index (χ1n) is 7.53. The second-order valence-corrected chi connectivity index (χ2v) is 5.63. The molecule has 0 spiro atoms. The largest absolute Gasteiger partial charge is 0.343 e. The summed E-state index contributed by atoms with van der Waals surface area (Å²) < 4.78 is 0. The van der Waals surface area contributed by atoms with Gasteiger partial charge in [-0.1, -0.05) is 51.0 Å². The average Bonchev–Trinajstić information content (AvgIpc) is 2.32. The average molecular weight is 259 g/mol. The predicted molar refractivity (Wildman–Crippen MR) is 86.8 cm³/mol. The number of rotatable bonds is 7. The number of hydrogen-bond acceptors (Lipinski definition) is 1. The van der Waals surface area contributed by atoms with E-state index in [1.165, 1.54) is 42.5 Å². The first-order valence-corrected chi connectivity index (χ1v) is 7.53. The lowest BCUT2D eigenvalue weighted by Crippen LogP contribution is -2.34. The maximum Gasteiger partial charge on any atom is 0.0440 e. The smallest absolute Gasteiger partial charge is 0.0440 e. The molecule has 1 rings (SSSR count). The van der Waals surface area contributed by atoms with Crippen LogP contribution in [0.5, 0.6) is 0 Å². The van der Waals surface area contributed by atoms with Gasteiger partial charge in [-0.2, -0.15) is 0 Å². The maximum atomic E-state index is 4.21. The van der Waals surface area contributed by atoms with Gasteiger partial charge in [0.15, 0.2) is 0 Å². The molecule has 0 saturated heterocycles. The Morgan fingerprint density at radius 2 is 1.74 bits per heavy atom. The molecule has 0 bridgehead atoms. The number of nitrogens with zero attached hydrogens (tertiary/aromatic N) is 1. The van der Waals surface area contributed by atoms with Gasteiger partial charge in [0.2, 0.25) is 0 Å². The van der Waals surface area contributed by atoms with Crippen LogP contribution < -0.4 is 4.90 Å². The molecular weight excluding hydrogens is 230 g/mol. The Morgan fingerprint density at radius 3 is 2.16 bits per heavy atom. The van der Waals surface area contributed by atoms with E-state index in [-0.39, 0.29) is 0 Å². The van der Waals surface area contributed by atoms with Crippen molar-refractivity contribution < 1.29 is 0 Å². The second-order valence-electron chi connectivity index (χ2n) is 5.63. The van der Waals surface area contributed by atoms with E-state index >= 15 is 0 Å². The van der Waals surface area contributed by atoms with Gasteiger partial charge in [-0.15, -0.1) is 0 Å². The fourth-order valence-corrected chi connectivity index (χ4v) is 2.86. The van der Waals surface area contributed by atoms with Gasteiger partial charge in [0.25, 0.3) is 0 Å². The number of aryl methyl sites for hydroxylation is 2. The minimum Gasteiger partial charge on any atom is -0.343 e. The van der Waals surface area contributed by atoms with Gasteiger partial charge in [-0.25, -0.2) is 0 Å². The molecule has 1 nitrogen and oxygen atoms in total. The van der Waals surface area contributed by atoms with Crippen LogP contribution in [0, 0.1) is 13.8 Å². The van der Waals surface area contributed by atoms with Crippen molar-refractivity contribution in [2.45, 2.75) is 66.3 Å². The molecular formula is C18H29N. The molecule has 19 heavy (non-hydrogen) atoms. The summed E-state index contributed by atoms with van der Waals surface area (Å²) in [5.41, 5.74) is 5.15. The van der Waals surface area contributed by atoms with E-state index in [2.05, 4.69) is 64.3 Å². The van der Waals surface area contributed by atoms with Crippen LogP contribution in [0.2, 0.25) is 0 Å².